The van der Waals surface area contributed by atoms with Crippen molar-refractivity contribution in [2.75, 3.05) is 6.54 Å². The quantitative estimate of drug-likeness (QED) is 0.944. The van der Waals surface area contributed by atoms with Gasteiger partial charge in [0.05, 0.1) is 11.2 Å². The molecule has 3 rings (SSSR count). The summed E-state index contributed by atoms with van der Waals surface area (Å²) in [7, 11) is 0. The van der Waals surface area contributed by atoms with E-state index in [1.165, 1.54) is 16.2 Å². The standard InChI is InChI=1S/C16H16N2O3S/c1-2-13-17-9-12(22-13)15(19)18-8-7-10-5-3-4-6-11(10)14(18)16(20)21/h3-6,9,14H,2,7-8H2,1H3,(H,20,21)/t14-/m0/s1. The first-order valence-electron chi connectivity index (χ1n) is 7.18. The molecule has 0 fully saturated rings. The molecule has 2 heterocycles. The van der Waals surface area contributed by atoms with Gasteiger partial charge in [0.25, 0.3) is 5.91 Å². The van der Waals surface area contributed by atoms with Crippen LogP contribution in [0.1, 0.15) is 38.8 Å². The molecule has 0 saturated heterocycles. The van der Waals surface area contributed by atoms with Gasteiger partial charge < -0.3 is 10.0 Å². The number of fused-ring (bicyclic) bond motifs is 1. The zero-order chi connectivity index (χ0) is 15.7. The molecular formula is C16H16N2O3S. The Balaban J connectivity index is 1.96. The van der Waals surface area contributed by atoms with Gasteiger partial charge in [-0.1, -0.05) is 31.2 Å². The summed E-state index contributed by atoms with van der Waals surface area (Å²) in [6.45, 7) is 2.39. The summed E-state index contributed by atoms with van der Waals surface area (Å²) in [4.78, 5) is 30.5. The summed E-state index contributed by atoms with van der Waals surface area (Å²) in [6.07, 6.45) is 2.99. The Morgan fingerprint density at radius 2 is 2.18 bits per heavy atom. The number of carboxylic acids is 1. The average molecular weight is 316 g/mol. The van der Waals surface area contributed by atoms with E-state index in [-0.39, 0.29) is 5.91 Å². The zero-order valence-electron chi connectivity index (χ0n) is 12.2. The van der Waals surface area contributed by atoms with Crippen molar-refractivity contribution in [2.24, 2.45) is 0 Å². The molecule has 2 aromatic rings. The first-order chi connectivity index (χ1) is 10.6. The molecule has 1 aromatic carbocycles. The van der Waals surface area contributed by atoms with E-state index in [0.717, 1.165) is 17.0 Å². The Morgan fingerprint density at radius 3 is 2.86 bits per heavy atom. The SMILES string of the molecule is CCc1ncc(C(=O)N2CCc3ccccc3[C@H]2C(=O)O)s1. The number of thiazole rings is 1. The molecule has 0 aliphatic carbocycles. The molecule has 1 atom stereocenters. The zero-order valence-corrected chi connectivity index (χ0v) is 13.0. The first kappa shape index (κ1) is 14.7. The minimum Gasteiger partial charge on any atom is -0.479 e. The van der Waals surface area contributed by atoms with Gasteiger partial charge in [0, 0.05) is 6.54 Å². The fourth-order valence-corrected chi connectivity index (χ4v) is 3.58. The third kappa shape index (κ3) is 2.50. The van der Waals surface area contributed by atoms with Crippen LogP contribution in [-0.4, -0.2) is 33.4 Å². The maximum absolute atomic E-state index is 12.7. The lowest BCUT2D eigenvalue weighted by Gasteiger charge is -2.34. The number of hydrogen-bond acceptors (Lipinski definition) is 4. The fourth-order valence-electron chi connectivity index (χ4n) is 2.77. The summed E-state index contributed by atoms with van der Waals surface area (Å²) in [6, 6.07) is 6.49. The molecule has 114 valence electrons. The minimum atomic E-state index is -0.999. The largest absolute Gasteiger partial charge is 0.479 e. The highest BCUT2D eigenvalue weighted by atomic mass is 32.1. The maximum Gasteiger partial charge on any atom is 0.331 e. The van der Waals surface area contributed by atoms with Gasteiger partial charge in [-0.05, 0) is 24.0 Å². The van der Waals surface area contributed by atoms with Crippen LogP contribution < -0.4 is 0 Å². The molecule has 22 heavy (non-hydrogen) atoms. The average Bonchev–Trinajstić information content (AvgIpc) is 3.02. The molecule has 0 saturated carbocycles. The number of aromatic nitrogens is 1. The van der Waals surface area contributed by atoms with E-state index in [1.54, 1.807) is 12.3 Å². The van der Waals surface area contributed by atoms with Crippen LogP contribution in [0.3, 0.4) is 0 Å². The lowest BCUT2D eigenvalue weighted by Crippen LogP contribution is -2.43. The number of nitrogens with zero attached hydrogens (tertiary/aromatic N) is 2. The predicted molar refractivity (Wildman–Crippen MR) is 83.1 cm³/mol. The van der Waals surface area contributed by atoms with Crippen LogP contribution >= 0.6 is 11.3 Å². The van der Waals surface area contributed by atoms with Crippen molar-refractivity contribution in [3.63, 3.8) is 0 Å². The summed E-state index contributed by atoms with van der Waals surface area (Å²) < 4.78 is 0. The summed E-state index contributed by atoms with van der Waals surface area (Å²) in [5.74, 6) is -1.25. The third-order valence-electron chi connectivity index (χ3n) is 3.84. The minimum absolute atomic E-state index is 0.251. The molecule has 0 unspecified atom stereocenters. The van der Waals surface area contributed by atoms with Crippen LogP contribution in [0.25, 0.3) is 0 Å². The number of carboxylic acid groups (broad SMARTS) is 1. The number of amides is 1. The highest BCUT2D eigenvalue weighted by molar-refractivity contribution is 7.13. The Kier molecular flexibility index (Phi) is 3.94. The molecule has 1 aliphatic heterocycles. The van der Waals surface area contributed by atoms with E-state index in [0.29, 0.717) is 23.4 Å². The Labute approximate surface area is 132 Å². The Bertz CT molecular complexity index is 726. The molecular weight excluding hydrogens is 300 g/mol. The van der Waals surface area contributed by atoms with E-state index >= 15 is 0 Å². The van der Waals surface area contributed by atoms with Gasteiger partial charge in [-0.3, -0.25) is 4.79 Å². The van der Waals surface area contributed by atoms with E-state index in [9.17, 15) is 14.7 Å². The first-order valence-corrected chi connectivity index (χ1v) is 7.99. The van der Waals surface area contributed by atoms with Crippen LogP contribution in [0.4, 0.5) is 0 Å². The van der Waals surface area contributed by atoms with Crippen LogP contribution in [0.5, 0.6) is 0 Å². The van der Waals surface area contributed by atoms with Gasteiger partial charge in [0.2, 0.25) is 0 Å². The van der Waals surface area contributed by atoms with E-state index in [2.05, 4.69) is 4.98 Å². The van der Waals surface area contributed by atoms with Gasteiger partial charge in [-0.2, -0.15) is 0 Å². The smallest absolute Gasteiger partial charge is 0.331 e. The van der Waals surface area contributed by atoms with Crippen molar-refractivity contribution in [1.82, 2.24) is 9.88 Å². The van der Waals surface area contributed by atoms with Crippen molar-refractivity contribution in [3.05, 3.63) is 51.5 Å². The number of carbonyl (C=O) groups excluding carboxylic acids is 1. The number of aryl methyl sites for hydroxylation is 1. The summed E-state index contributed by atoms with van der Waals surface area (Å²) in [5, 5.41) is 10.5. The molecule has 5 nitrogen and oxygen atoms in total. The molecule has 1 N–H and O–H groups in total. The summed E-state index contributed by atoms with van der Waals surface area (Å²) in [5.41, 5.74) is 1.70. The Hall–Kier alpha value is -2.21. The number of benzene rings is 1. The molecule has 0 spiro atoms. The highest BCUT2D eigenvalue weighted by Crippen LogP contribution is 2.32. The molecule has 0 radical (unpaired) electrons. The molecule has 0 bridgehead atoms. The second-order valence-electron chi connectivity index (χ2n) is 5.16. The Morgan fingerprint density at radius 1 is 1.41 bits per heavy atom. The van der Waals surface area contributed by atoms with Crippen molar-refractivity contribution in [2.45, 2.75) is 25.8 Å². The topological polar surface area (TPSA) is 70.5 Å². The number of carbonyl (C=O) groups is 2. The van der Waals surface area contributed by atoms with Crippen LogP contribution in [0, 0.1) is 0 Å². The van der Waals surface area contributed by atoms with Crippen LogP contribution in [0.15, 0.2) is 30.5 Å². The lowest BCUT2D eigenvalue weighted by molar-refractivity contribution is -0.143. The van der Waals surface area contributed by atoms with Crippen LogP contribution in [0.2, 0.25) is 0 Å². The predicted octanol–water partition coefficient (Wildman–Crippen LogP) is 2.53. The van der Waals surface area contributed by atoms with E-state index < -0.39 is 12.0 Å². The van der Waals surface area contributed by atoms with Gasteiger partial charge >= 0.3 is 5.97 Å². The molecule has 6 heteroatoms. The van der Waals surface area contributed by atoms with Gasteiger partial charge in [0.1, 0.15) is 4.88 Å². The van der Waals surface area contributed by atoms with E-state index in [1.807, 2.05) is 25.1 Å². The maximum atomic E-state index is 12.7. The second kappa shape index (κ2) is 5.88. The van der Waals surface area contributed by atoms with Gasteiger partial charge in [-0.25, -0.2) is 9.78 Å². The molecule has 1 aromatic heterocycles. The van der Waals surface area contributed by atoms with Gasteiger partial charge in [-0.15, -0.1) is 11.3 Å². The highest BCUT2D eigenvalue weighted by Gasteiger charge is 2.36. The van der Waals surface area contributed by atoms with E-state index in [4.69, 9.17) is 0 Å². The number of aliphatic carboxylic acids is 1. The monoisotopic (exact) mass is 316 g/mol. The lowest BCUT2D eigenvalue weighted by atomic mass is 9.92. The van der Waals surface area contributed by atoms with Crippen LogP contribution in [-0.2, 0) is 17.6 Å². The fraction of sp³-hybridized carbons (Fsp3) is 0.312. The van der Waals surface area contributed by atoms with Gasteiger partial charge in [0.15, 0.2) is 6.04 Å². The normalized spacial score (nSPS) is 17.1. The van der Waals surface area contributed by atoms with Crippen molar-refractivity contribution in [1.29, 1.82) is 0 Å². The summed E-state index contributed by atoms with van der Waals surface area (Å²) >= 11 is 1.33. The van der Waals surface area contributed by atoms with Crippen molar-refractivity contribution in [3.8, 4) is 0 Å². The number of hydrogen-bond donors (Lipinski definition) is 1. The number of rotatable bonds is 3. The second-order valence-corrected chi connectivity index (χ2v) is 6.28. The van der Waals surface area contributed by atoms with Crippen molar-refractivity contribution >= 4 is 23.2 Å². The third-order valence-corrected chi connectivity index (χ3v) is 4.97. The molecule has 1 amide bonds. The molecule has 1 aliphatic rings. The van der Waals surface area contributed by atoms with Crippen molar-refractivity contribution < 1.29 is 14.7 Å².